The molecule has 0 aliphatic carbocycles. The first kappa shape index (κ1) is 11.6. The van der Waals surface area contributed by atoms with Gasteiger partial charge in [0.15, 0.2) is 0 Å². The summed E-state index contributed by atoms with van der Waals surface area (Å²) in [7, 11) is 1.66. The fraction of sp³-hybridized carbons (Fsp3) is 0.889. The van der Waals surface area contributed by atoms with Gasteiger partial charge in [0.25, 0.3) is 0 Å². The molecule has 0 amide bonds. The van der Waals surface area contributed by atoms with Crippen molar-refractivity contribution in [2.24, 2.45) is 0 Å². The van der Waals surface area contributed by atoms with Crippen molar-refractivity contribution in [3.63, 3.8) is 0 Å². The van der Waals surface area contributed by atoms with Crippen LogP contribution < -0.4 is 0 Å². The number of hydrogen-bond donors (Lipinski definition) is 0. The van der Waals surface area contributed by atoms with Crippen LogP contribution in [0.3, 0.4) is 0 Å². The standard InChI is InChI=1S/C9H18O3/c1-11-8-9-12-7-5-3-2-4-6-10/h6H,2-5,7-9H2,1H3. The minimum Gasteiger partial charge on any atom is -0.382 e. The lowest BCUT2D eigenvalue weighted by molar-refractivity contribution is -0.107. The Hall–Kier alpha value is -0.410. The zero-order valence-electron chi connectivity index (χ0n) is 7.75. The van der Waals surface area contributed by atoms with Crippen molar-refractivity contribution in [3.8, 4) is 0 Å². The van der Waals surface area contributed by atoms with E-state index in [9.17, 15) is 4.79 Å². The first-order chi connectivity index (χ1) is 5.91. The molecule has 0 spiro atoms. The molecular weight excluding hydrogens is 156 g/mol. The van der Waals surface area contributed by atoms with Gasteiger partial charge < -0.3 is 14.3 Å². The van der Waals surface area contributed by atoms with Gasteiger partial charge in [0.05, 0.1) is 13.2 Å². The molecule has 0 unspecified atom stereocenters. The predicted molar refractivity (Wildman–Crippen MR) is 47.2 cm³/mol. The van der Waals surface area contributed by atoms with E-state index in [-0.39, 0.29) is 0 Å². The molecule has 0 bridgehead atoms. The first-order valence-electron chi connectivity index (χ1n) is 4.42. The highest BCUT2D eigenvalue weighted by Crippen LogP contribution is 1.97. The van der Waals surface area contributed by atoms with Crippen LogP contribution in [0.5, 0.6) is 0 Å². The summed E-state index contributed by atoms with van der Waals surface area (Å²) in [4.78, 5) is 9.93. The smallest absolute Gasteiger partial charge is 0.119 e. The summed E-state index contributed by atoms with van der Waals surface area (Å²) in [5, 5.41) is 0. The number of methoxy groups -OCH3 is 1. The van der Waals surface area contributed by atoms with E-state index in [0.717, 1.165) is 32.2 Å². The molecule has 0 aliphatic heterocycles. The Bertz CT molecular complexity index is 93.8. The molecule has 0 saturated heterocycles. The Morgan fingerprint density at radius 2 is 1.92 bits per heavy atom. The Balaban J connectivity index is 2.77. The van der Waals surface area contributed by atoms with Crippen molar-refractivity contribution < 1.29 is 14.3 Å². The van der Waals surface area contributed by atoms with Crippen LogP contribution in [0.2, 0.25) is 0 Å². The molecule has 0 aromatic rings. The third kappa shape index (κ3) is 9.59. The quantitative estimate of drug-likeness (QED) is 0.391. The number of ether oxygens (including phenoxy) is 2. The molecule has 0 aromatic heterocycles. The minimum atomic E-state index is 0.661. The molecule has 0 aliphatic rings. The highest BCUT2D eigenvalue weighted by Gasteiger charge is 1.89. The summed E-state index contributed by atoms with van der Waals surface area (Å²) in [6.45, 7) is 2.11. The molecule has 0 rings (SSSR count). The van der Waals surface area contributed by atoms with Crippen molar-refractivity contribution in [1.29, 1.82) is 0 Å². The number of carbonyl (C=O) groups is 1. The second-order valence-electron chi connectivity index (χ2n) is 2.62. The van der Waals surface area contributed by atoms with Crippen molar-refractivity contribution in [3.05, 3.63) is 0 Å². The molecule has 0 fully saturated rings. The topological polar surface area (TPSA) is 35.5 Å². The van der Waals surface area contributed by atoms with E-state index in [1.807, 2.05) is 0 Å². The fourth-order valence-corrected chi connectivity index (χ4v) is 0.853. The molecule has 12 heavy (non-hydrogen) atoms. The summed E-state index contributed by atoms with van der Waals surface area (Å²) in [6.07, 6.45) is 4.74. The number of unbranched alkanes of at least 4 members (excludes halogenated alkanes) is 3. The zero-order chi connectivity index (χ0) is 9.07. The lowest BCUT2D eigenvalue weighted by Crippen LogP contribution is -2.02. The van der Waals surface area contributed by atoms with Gasteiger partial charge in [-0.2, -0.15) is 0 Å². The minimum absolute atomic E-state index is 0.661. The summed E-state index contributed by atoms with van der Waals surface area (Å²) >= 11 is 0. The van der Waals surface area contributed by atoms with Gasteiger partial charge in [-0.1, -0.05) is 6.42 Å². The van der Waals surface area contributed by atoms with E-state index in [0.29, 0.717) is 19.6 Å². The molecule has 0 saturated carbocycles. The van der Waals surface area contributed by atoms with Crippen LogP contribution in [0.4, 0.5) is 0 Å². The normalized spacial score (nSPS) is 10.1. The average molecular weight is 174 g/mol. The SMILES string of the molecule is COCCOCCCCCC=O. The van der Waals surface area contributed by atoms with Gasteiger partial charge in [-0.15, -0.1) is 0 Å². The second-order valence-corrected chi connectivity index (χ2v) is 2.62. The lowest BCUT2D eigenvalue weighted by Gasteiger charge is -2.01. The van der Waals surface area contributed by atoms with Crippen molar-refractivity contribution >= 4 is 6.29 Å². The van der Waals surface area contributed by atoms with E-state index < -0.39 is 0 Å². The largest absolute Gasteiger partial charge is 0.382 e. The van der Waals surface area contributed by atoms with Gasteiger partial charge >= 0.3 is 0 Å². The van der Waals surface area contributed by atoms with Crippen LogP contribution in [0, 0.1) is 0 Å². The second kappa shape index (κ2) is 10.6. The van der Waals surface area contributed by atoms with Gasteiger partial charge in [0.1, 0.15) is 6.29 Å². The van der Waals surface area contributed by atoms with E-state index in [2.05, 4.69) is 0 Å². The predicted octanol–water partition coefficient (Wildman–Crippen LogP) is 1.41. The maximum Gasteiger partial charge on any atom is 0.119 e. The maximum atomic E-state index is 9.93. The Kier molecular flexibility index (Phi) is 10.2. The number of aldehydes is 1. The van der Waals surface area contributed by atoms with Gasteiger partial charge in [-0.25, -0.2) is 0 Å². The summed E-state index contributed by atoms with van der Waals surface area (Å²) in [6, 6.07) is 0. The van der Waals surface area contributed by atoms with Crippen molar-refractivity contribution in [1.82, 2.24) is 0 Å². The van der Waals surface area contributed by atoms with Gasteiger partial charge in [-0.05, 0) is 12.8 Å². The van der Waals surface area contributed by atoms with Crippen LogP contribution >= 0.6 is 0 Å². The number of rotatable bonds is 9. The molecule has 0 atom stereocenters. The highest BCUT2D eigenvalue weighted by atomic mass is 16.5. The first-order valence-corrected chi connectivity index (χ1v) is 4.42. The van der Waals surface area contributed by atoms with Crippen LogP contribution in [0.15, 0.2) is 0 Å². The molecule has 0 aromatic carbocycles. The van der Waals surface area contributed by atoms with Crippen LogP contribution in [0.25, 0.3) is 0 Å². The average Bonchev–Trinajstić information content (AvgIpc) is 2.10. The van der Waals surface area contributed by atoms with E-state index in [4.69, 9.17) is 9.47 Å². The summed E-state index contributed by atoms with van der Waals surface area (Å²) in [5.41, 5.74) is 0. The van der Waals surface area contributed by atoms with Crippen molar-refractivity contribution in [2.45, 2.75) is 25.7 Å². The molecule has 3 heteroatoms. The van der Waals surface area contributed by atoms with E-state index in [1.165, 1.54) is 0 Å². The third-order valence-corrected chi connectivity index (χ3v) is 1.54. The molecule has 3 nitrogen and oxygen atoms in total. The van der Waals surface area contributed by atoms with Gasteiger partial charge in [-0.3, -0.25) is 0 Å². The zero-order valence-corrected chi connectivity index (χ0v) is 7.75. The molecular formula is C9H18O3. The Labute approximate surface area is 74.0 Å². The van der Waals surface area contributed by atoms with E-state index in [1.54, 1.807) is 7.11 Å². The van der Waals surface area contributed by atoms with Crippen LogP contribution in [0.1, 0.15) is 25.7 Å². The Morgan fingerprint density at radius 3 is 2.58 bits per heavy atom. The van der Waals surface area contributed by atoms with Crippen molar-refractivity contribution in [2.75, 3.05) is 26.9 Å². The highest BCUT2D eigenvalue weighted by molar-refractivity contribution is 5.48. The molecule has 0 heterocycles. The van der Waals surface area contributed by atoms with Gasteiger partial charge in [0, 0.05) is 20.1 Å². The fourth-order valence-electron chi connectivity index (χ4n) is 0.853. The maximum absolute atomic E-state index is 9.93. The summed E-state index contributed by atoms with van der Waals surface area (Å²) < 4.78 is 10.1. The number of hydrogen-bond acceptors (Lipinski definition) is 3. The third-order valence-electron chi connectivity index (χ3n) is 1.54. The molecule has 72 valence electrons. The number of carbonyl (C=O) groups excluding carboxylic acids is 1. The lowest BCUT2D eigenvalue weighted by atomic mass is 10.2. The molecule has 0 radical (unpaired) electrons. The Morgan fingerprint density at radius 1 is 1.08 bits per heavy atom. The summed E-state index contributed by atoms with van der Waals surface area (Å²) in [5.74, 6) is 0. The van der Waals surface area contributed by atoms with E-state index >= 15 is 0 Å². The van der Waals surface area contributed by atoms with Crippen LogP contribution in [-0.4, -0.2) is 33.2 Å². The van der Waals surface area contributed by atoms with Gasteiger partial charge in [0.2, 0.25) is 0 Å². The van der Waals surface area contributed by atoms with Crippen LogP contribution in [-0.2, 0) is 14.3 Å². The monoisotopic (exact) mass is 174 g/mol. The molecule has 0 N–H and O–H groups in total.